The van der Waals surface area contributed by atoms with Gasteiger partial charge in [0.05, 0.1) is 27.7 Å². The van der Waals surface area contributed by atoms with E-state index in [4.69, 9.17) is 22.1 Å². The van der Waals surface area contributed by atoms with Crippen LogP contribution in [0.25, 0.3) is 11.4 Å². The molecule has 180 valence electrons. The van der Waals surface area contributed by atoms with Gasteiger partial charge in [0.1, 0.15) is 5.69 Å². The molecule has 0 saturated carbocycles. The molecule has 0 aliphatic heterocycles. The molecule has 2 N–H and O–H groups in total. The number of benzene rings is 2. The lowest BCUT2D eigenvalue weighted by Gasteiger charge is -2.09. The fourth-order valence-corrected chi connectivity index (χ4v) is 4.28. The smallest absolute Gasteiger partial charge is 0.338 e. The van der Waals surface area contributed by atoms with E-state index in [0.29, 0.717) is 27.7 Å². The number of esters is 1. The summed E-state index contributed by atoms with van der Waals surface area (Å²) >= 11 is 5.89. The molecule has 0 fully saturated rings. The topological polar surface area (TPSA) is 101 Å². The number of aryl methyl sites for hydroxylation is 1. The maximum Gasteiger partial charge on any atom is 0.338 e. The van der Waals surface area contributed by atoms with Gasteiger partial charge >= 0.3 is 5.97 Å². The van der Waals surface area contributed by atoms with E-state index in [1.165, 1.54) is 18.2 Å². The summed E-state index contributed by atoms with van der Waals surface area (Å²) < 4.78 is 10.4. The Bertz CT molecular complexity index is 1510. The van der Waals surface area contributed by atoms with E-state index in [2.05, 4.69) is 0 Å². The van der Waals surface area contributed by atoms with Crippen molar-refractivity contribution < 1.29 is 14.3 Å². The fourth-order valence-electron chi connectivity index (χ4n) is 4.16. The second-order valence-corrected chi connectivity index (χ2v) is 8.67. The van der Waals surface area contributed by atoms with Crippen molar-refractivity contribution >= 4 is 29.0 Å². The average Bonchev–Trinajstić information content (AvgIpc) is 3.25. The molecule has 4 rings (SSSR count). The Morgan fingerprint density at radius 3 is 2.34 bits per heavy atom. The van der Waals surface area contributed by atoms with Crippen LogP contribution in [0.15, 0.2) is 59.4 Å². The first kappa shape index (κ1) is 24.1. The predicted octanol–water partition coefficient (Wildman–Crippen LogP) is 4.17. The third-order valence-electron chi connectivity index (χ3n) is 6.05. The summed E-state index contributed by atoms with van der Waals surface area (Å²) in [4.78, 5) is 38.8. The van der Waals surface area contributed by atoms with E-state index >= 15 is 0 Å². The molecule has 9 heteroatoms. The molecule has 0 aliphatic carbocycles. The minimum absolute atomic E-state index is 0.201. The largest absolute Gasteiger partial charge is 0.454 e. The quantitative estimate of drug-likeness (QED) is 0.247. The molecule has 0 amide bonds. The summed E-state index contributed by atoms with van der Waals surface area (Å²) in [6.07, 6.45) is 0. The summed E-state index contributed by atoms with van der Waals surface area (Å²) in [5.41, 5.74) is 9.59. The van der Waals surface area contributed by atoms with Gasteiger partial charge in [0.2, 0.25) is 5.78 Å². The minimum atomic E-state index is -0.680. The van der Waals surface area contributed by atoms with E-state index in [1.54, 1.807) is 26.9 Å². The molecular formula is C26H25ClN4O4. The molecular weight excluding hydrogens is 468 g/mol. The monoisotopic (exact) mass is 492 g/mol. The standard InChI is InChI=1S/C26H25ClN4O4/c1-15-12-20(23(32)14-35-26(34)18-10-11-21(27)22(28)13-18)16(2)30(15)24-17(3)29(4)31(25(24)33)19-8-6-5-7-9-19/h5-13H,14,28H2,1-4H3. The van der Waals surface area contributed by atoms with Crippen molar-refractivity contribution in [2.75, 3.05) is 12.3 Å². The van der Waals surface area contributed by atoms with Crippen LogP contribution >= 0.6 is 11.6 Å². The van der Waals surface area contributed by atoms with Gasteiger partial charge in [-0.05, 0) is 57.2 Å². The Kier molecular flexibility index (Phi) is 6.41. The highest BCUT2D eigenvalue weighted by molar-refractivity contribution is 6.33. The Morgan fingerprint density at radius 2 is 1.69 bits per heavy atom. The van der Waals surface area contributed by atoms with Crippen molar-refractivity contribution in [1.82, 2.24) is 13.9 Å². The van der Waals surface area contributed by atoms with Crippen LogP contribution in [-0.4, -0.2) is 32.3 Å². The van der Waals surface area contributed by atoms with Crippen molar-refractivity contribution in [3.05, 3.63) is 98.2 Å². The summed E-state index contributed by atoms with van der Waals surface area (Å²) in [6.45, 7) is 5.00. The van der Waals surface area contributed by atoms with Crippen LogP contribution in [0, 0.1) is 20.8 Å². The first-order chi connectivity index (χ1) is 16.6. The highest BCUT2D eigenvalue weighted by Crippen LogP contribution is 2.24. The third-order valence-corrected chi connectivity index (χ3v) is 6.39. The number of para-hydroxylation sites is 1. The predicted molar refractivity (Wildman–Crippen MR) is 135 cm³/mol. The Labute approximate surface area is 207 Å². The summed E-state index contributed by atoms with van der Waals surface area (Å²) in [6, 6.07) is 15.4. The van der Waals surface area contributed by atoms with Crippen molar-refractivity contribution in [3.63, 3.8) is 0 Å². The number of ether oxygens (including phenoxy) is 1. The number of hydrogen-bond donors (Lipinski definition) is 1. The molecule has 0 atom stereocenters. The Morgan fingerprint density at radius 1 is 1.00 bits per heavy atom. The van der Waals surface area contributed by atoms with Crippen molar-refractivity contribution in [2.45, 2.75) is 20.8 Å². The maximum atomic E-state index is 13.5. The van der Waals surface area contributed by atoms with Crippen LogP contribution in [0.2, 0.25) is 5.02 Å². The van der Waals surface area contributed by atoms with E-state index < -0.39 is 12.6 Å². The van der Waals surface area contributed by atoms with Crippen LogP contribution in [-0.2, 0) is 11.8 Å². The number of nitrogens with two attached hydrogens (primary N) is 1. The molecule has 0 saturated heterocycles. The molecule has 2 heterocycles. The first-order valence-electron chi connectivity index (χ1n) is 10.9. The number of ketones is 1. The molecule has 2 aromatic heterocycles. The van der Waals surface area contributed by atoms with Crippen molar-refractivity contribution in [3.8, 4) is 11.4 Å². The molecule has 0 unspecified atom stereocenters. The number of carbonyl (C=O) groups is 2. The molecule has 35 heavy (non-hydrogen) atoms. The molecule has 4 aromatic rings. The lowest BCUT2D eigenvalue weighted by atomic mass is 10.1. The molecule has 0 aliphatic rings. The van der Waals surface area contributed by atoms with Gasteiger partial charge in [0, 0.05) is 24.0 Å². The summed E-state index contributed by atoms with van der Waals surface area (Å²) in [5.74, 6) is -1.06. The maximum absolute atomic E-state index is 13.5. The Hall–Kier alpha value is -4.04. The normalized spacial score (nSPS) is 11.0. The average molecular weight is 493 g/mol. The van der Waals surface area contributed by atoms with Crippen LogP contribution in [0.1, 0.15) is 37.8 Å². The second-order valence-electron chi connectivity index (χ2n) is 8.27. The number of nitrogens with zero attached hydrogens (tertiary/aromatic N) is 3. The minimum Gasteiger partial charge on any atom is -0.454 e. The van der Waals surface area contributed by atoms with Crippen LogP contribution in [0.5, 0.6) is 0 Å². The molecule has 8 nitrogen and oxygen atoms in total. The van der Waals surface area contributed by atoms with E-state index in [-0.39, 0.29) is 22.6 Å². The van der Waals surface area contributed by atoms with Crippen molar-refractivity contribution in [2.24, 2.45) is 7.05 Å². The zero-order valence-electron chi connectivity index (χ0n) is 19.8. The van der Waals surface area contributed by atoms with Gasteiger partial charge in [-0.25, -0.2) is 9.48 Å². The SMILES string of the molecule is Cc1cc(C(=O)COC(=O)c2ccc(Cl)c(N)c2)c(C)n1-c1c(C)n(C)n(-c2ccccc2)c1=O. The lowest BCUT2D eigenvalue weighted by Crippen LogP contribution is -2.22. The second kappa shape index (κ2) is 9.31. The zero-order chi connectivity index (χ0) is 25.4. The number of halogens is 1. The van der Waals surface area contributed by atoms with Crippen molar-refractivity contribution in [1.29, 1.82) is 0 Å². The van der Waals surface area contributed by atoms with Gasteiger partial charge in [0.25, 0.3) is 5.56 Å². The van der Waals surface area contributed by atoms with E-state index in [0.717, 1.165) is 11.4 Å². The van der Waals surface area contributed by atoms with Gasteiger partial charge in [-0.1, -0.05) is 29.8 Å². The number of hydrogen-bond acceptors (Lipinski definition) is 5. The van der Waals surface area contributed by atoms with Gasteiger partial charge in [-0.15, -0.1) is 0 Å². The molecule has 0 bridgehead atoms. The van der Waals surface area contributed by atoms with E-state index in [9.17, 15) is 14.4 Å². The zero-order valence-corrected chi connectivity index (χ0v) is 20.6. The number of anilines is 1. The third kappa shape index (κ3) is 4.28. The number of carbonyl (C=O) groups excluding carboxylic acids is 2. The molecule has 0 radical (unpaired) electrons. The van der Waals surface area contributed by atoms with Gasteiger partial charge < -0.3 is 15.0 Å². The van der Waals surface area contributed by atoms with Crippen LogP contribution < -0.4 is 11.3 Å². The highest BCUT2D eigenvalue weighted by Gasteiger charge is 2.24. The van der Waals surface area contributed by atoms with Gasteiger partial charge in [-0.2, -0.15) is 0 Å². The molecule has 2 aromatic carbocycles. The number of aromatic nitrogens is 3. The number of Topliss-reactive ketones (excluding diaryl/α,β-unsaturated/α-hetero) is 1. The Balaban J connectivity index is 1.64. The van der Waals surface area contributed by atoms with Gasteiger partial charge in [-0.3, -0.25) is 14.3 Å². The van der Waals surface area contributed by atoms with Crippen LogP contribution in [0.4, 0.5) is 5.69 Å². The van der Waals surface area contributed by atoms with Gasteiger partial charge in [0.15, 0.2) is 6.61 Å². The fraction of sp³-hybridized carbons (Fsp3) is 0.192. The number of rotatable bonds is 6. The van der Waals surface area contributed by atoms with Crippen LogP contribution in [0.3, 0.4) is 0 Å². The summed E-state index contributed by atoms with van der Waals surface area (Å²) in [7, 11) is 1.82. The summed E-state index contributed by atoms with van der Waals surface area (Å²) in [5, 5.41) is 0.326. The first-order valence-corrected chi connectivity index (χ1v) is 11.3. The highest BCUT2D eigenvalue weighted by atomic mass is 35.5. The number of nitrogen functional groups attached to an aromatic ring is 1. The lowest BCUT2D eigenvalue weighted by molar-refractivity contribution is 0.0474. The molecule has 0 spiro atoms. The van der Waals surface area contributed by atoms with E-state index in [1.807, 2.05) is 51.2 Å².